The number of hydrogen-bond acceptors (Lipinski definition) is 3. The van der Waals surface area contributed by atoms with Crippen molar-refractivity contribution in [3.05, 3.63) is 35.9 Å². The molecule has 4 nitrogen and oxygen atoms in total. The van der Waals surface area contributed by atoms with Gasteiger partial charge in [-0.05, 0) is 19.1 Å². The number of rotatable bonds is 1. The standard InChI is InChI=1S/C12H13N3O/c1-9-3-2-4-10(13-9)11-7-15-5-6-16-8-12(15)14-11/h2-4,7H,5-6,8H2,1H3. The predicted molar refractivity (Wildman–Crippen MR) is 59.9 cm³/mol. The normalized spacial score (nSPS) is 14.8. The van der Waals surface area contributed by atoms with E-state index in [0.29, 0.717) is 6.61 Å². The Balaban J connectivity index is 2.03. The molecule has 3 rings (SSSR count). The van der Waals surface area contributed by atoms with E-state index in [0.717, 1.165) is 36.1 Å². The van der Waals surface area contributed by atoms with E-state index in [4.69, 9.17) is 4.74 Å². The molecule has 0 bridgehead atoms. The van der Waals surface area contributed by atoms with Crippen LogP contribution in [-0.2, 0) is 17.9 Å². The van der Waals surface area contributed by atoms with E-state index in [-0.39, 0.29) is 0 Å². The Hall–Kier alpha value is -1.68. The zero-order chi connectivity index (χ0) is 11.0. The first-order valence-corrected chi connectivity index (χ1v) is 5.41. The molecule has 3 heterocycles. The van der Waals surface area contributed by atoms with Crippen LogP contribution in [-0.4, -0.2) is 21.1 Å². The Morgan fingerprint density at radius 1 is 1.25 bits per heavy atom. The van der Waals surface area contributed by atoms with E-state index in [9.17, 15) is 0 Å². The lowest BCUT2D eigenvalue weighted by Crippen LogP contribution is -2.15. The summed E-state index contributed by atoms with van der Waals surface area (Å²) in [7, 11) is 0. The number of aryl methyl sites for hydroxylation is 1. The SMILES string of the molecule is Cc1cccc(-c2cn3c(n2)COCC3)n1. The molecule has 2 aromatic rings. The molecule has 0 fully saturated rings. The lowest BCUT2D eigenvalue weighted by Gasteiger charge is -2.13. The monoisotopic (exact) mass is 215 g/mol. The minimum Gasteiger partial charge on any atom is -0.372 e. The molecule has 0 saturated heterocycles. The molecule has 0 unspecified atom stereocenters. The molecular formula is C12H13N3O. The van der Waals surface area contributed by atoms with E-state index in [1.54, 1.807) is 0 Å². The van der Waals surface area contributed by atoms with Gasteiger partial charge in [-0.2, -0.15) is 0 Å². The third-order valence-corrected chi connectivity index (χ3v) is 2.72. The molecule has 0 N–H and O–H groups in total. The molecule has 0 aliphatic carbocycles. The van der Waals surface area contributed by atoms with Crippen molar-refractivity contribution in [1.82, 2.24) is 14.5 Å². The summed E-state index contributed by atoms with van der Waals surface area (Å²) in [5, 5.41) is 0. The largest absolute Gasteiger partial charge is 0.372 e. The Kier molecular flexibility index (Phi) is 2.22. The van der Waals surface area contributed by atoms with Crippen LogP contribution in [0, 0.1) is 6.92 Å². The highest BCUT2D eigenvalue weighted by Crippen LogP contribution is 2.19. The average Bonchev–Trinajstić information content (AvgIpc) is 2.72. The molecular weight excluding hydrogens is 202 g/mol. The molecule has 82 valence electrons. The van der Waals surface area contributed by atoms with Gasteiger partial charge in [-0.1, -0.05) is 6.07 Å². The van der Waals surface area contributed by atoms with Gasteiger partial charge >= 0.3 is 0 Å². The molecule has 0 saturated carbocycles. The lowest BCUT2D eigenvalue weighted by atomic mass is 10.2. The van der Waals surface area contributed by atoms with Crippen LogP contribution in [0.5, 0.6) is 0 Å². The first-order chi connectivity index (χ1) is 7.83. The first-order valence-electron chi connectivity index (χ1n) is 5.41. The molecule has 0 atom stereocenters. The van der Waals surface area contributed by atoms with Gasteiger partial charge < -0.3 is 9.30 Å². The minimum absolute atomic E-state index is 0.603. The second-order valence-electron chi connectivity index (χ2n) is 3.95. The van der Waals surface area contributed by atoms with Crippen molar-refractivity contribution in [2.45, 2.75) is 20.1 Å². The summed E-state index contributed by atoms with van der Waals surface area (Å²) < 4.78 is 7.51. The van der Waals surface area contributed by atoms with Crippen molar-refractivity contribution in [1.29, 1.82) is 0 Å². The molecule has 1 aliphatic rings. The van der Waals surface area contributed by atoms with Gasteiger partial charge in [-0.15, -0.1) is 0 Å². The summed E-state index contributed by atoms with van der Waals surface area (Å²) in [6, 6.07) is 5.98. The number of ether oxygens (including phenoxy) is 1. The van der Waals surface area contributed by atoms with Crippen molar-refractivity contribution < 1.29 is 4.74 Å². The third kappa shape index (κ3) is 1.61. The third-order valence-electron chi connectivity index (χ3n) is 2.72. The van der Waals surface area contributed by atoms with Crippen LogP contribution < -0.4 is 0 Å². The smallest absolute Gasteiger partial charge is 0.135 e. The van der Waals surface area contributed by atoms with Gasteiger partial charge in [0.15, 0.2) is 0 Å². The van der Waals surface area contributed by atoms with Crippen molar-refractivity contribution >= 4 is 0 Å². The van der Waals surface area contributed by atoms with Gasteiger partial charge in [0.25, 0.3) is 0 Å². The number of aromatic nitrogens is 3. The van der Waals surface area contributed by atoms with Crippen LogP contribution in [0.4, 0.5) is 0 Å². The van der Waals surface area contributed by atoms with Gasteiger partial charge in [-0.25, -0.2) is 4.98 Å². The van der Waals surface area contributed by atoms with E-state index in [2.05, 4.69) is 20.7 Å². The van der Waals surface area contributed by atoms with E-state index in [1.807, 2.05) is 25.1 Å². The Bertz CT molecular complexity index is 495. The molecule has 1 aliphatic heterocycles. The van der Waals surface area contributed by atoms with Crippen molar-refractivity contribution in [3.63, 3.8) is 0 Å². The van der Waals surface area contributed by atoms with Gasteiger partial charge in [0, 0.05) is 18.4 Å². The van der Waals surface area contributed by atoms with E-state index < -0.39 is 0 Å². The zero-order valence-corrected chi connectivity index (χ0v) is 9.18. The van der Waals surface area contributed by atoms with Gasteiger partial charge in [0.05, 0.1) is 12.3 Å². The molecule has 0 radical (unpaired) electrons. The maximum atomic E-state index is 5.37. The second kappa shape index (κ2) is 3.72. The maximum Gasteiger partial charge on any atom is 0.135 e. The summed E-state index contributed by atoms with van der Waals surface area (Å²) in [6.07, 6.45) is 2.06. The Morgan fingerprint density at radius 3 is 3.00 bits per heavy atom. The summed E-state index contributed by atoms with van der Waals surface area (Å²) in [6.45, 7) is 4.24. The quantitative estimate of drug-likeness (QED) is 0.728. The fraction of sp³-hybridized carbons (Fsp3) is 0.333. The number of pyridine rings is 1. The van der Waals surface area contributed by atoms with Crippen LogP contribution in [0.25, 0.3) is 11.4 Å². The van der Waals surface area contributed by atoms with Gasteiger partial charge in [0.1, 0.15) is 18.1 Å². The lowest BCUT2D eigenvalue weighted by molar-refractivity contribution is 0.0816. The highest BCUT2D eigenvalue weighted by atomic mass is 16.5. The molecule has 2 aromatic heterocycles. The number of imidazole rings is 1. The summed E-state index contributed by atoms with van der Waals surface area (Å²) in [5.74, 6) is 0.990. The van der Waals surface area contributed by atoms with Gasteiger partial charge in [0.2, 0.25) is 0 Å². The highest BCUT2D eigenvalue weighted by molar-refractivity contribution is 5.53. The molecule has 16 heavy (non-hydrogen) atoms. The Labute approximate surface area is 93.9 Å². The fourth-order valence-electron chi connectivity index (χ4n) is 1.90. The average molecular weight is 215 g/mol. The first kappa shape index (κ1) is 9.54. The number of fused-ring (bicyclic) bond motifs is 1. The summed E-state index contributed by atoms with van der Waals surface area (Å²) in [4.78, 5) is 9.01. The van der Waals surface area contributed by atoms with Crippen molar-refractivity contribution in [2.75, 3.05) is 6.61 Å². The predicted octanol–water partition coefficient (Wildman–Crippen LogP) is 1.78. The minimum atomic E-state index is 0.603. The van der Waals surface area contributed by atoms with Gasteiger partial charge in [-0.3, -0.25) is 4.98 Å². The molecule has 0 spiro atoms. The Morgan fingerprint density at radius 2 is 2.19 bits per heavy atom. The molecule has 4 heteroatoms. The topological polar surface area (TPSA) is 39.9 Å². The van der Waals surface area contributed by atoms with Crippen molar-refractivity contribution in [3.8, 4) is 11.4 Å². The van der Waals surface area contributed by atoms with E-state index >= 15 is 0 Å². The van der Waals surface area contributed by atoms with Crippen LogP contribution in [0.3, 0.4) is 0 Å². The van der Waals surface area contributed by atoms with Crippen LogP contribution >= 0.6 is 0 Å². The number of nitrogens with zero attached hydrogens (tertiary/aromatic N) is 3. The maximum absolute atomic E-state index is 5.37. The fourth-order valence-corrected chi connectivity index (χ4v) is 1.90. The van der Waals surface area contributed by atoms with Crippen molar-refractivity contribution in [2.24, 2.45) is 0 Å². The molecule has 0 aromatic carbocycles. The second-order valence-corrected chi connectivity index (χ2v) is 3.95. The molecule has 0 amide bonds. The summed E-state index contributed by atoms with van der Waals surface area (Å²) >= 11 is 0. The van der Waals surface area contributed by atoms with E-state index in [1.165, 1.54) is 0 Å². The number of hydrogen-bond donors (Lipinski definition) is 0. The van der Waals surface area contributed by atoms with Crippen LogP contribution in [0.1, 0.15) is 11.5 Å². The highest BCUT2D eigenvalue weighted by Gasteiger charge is 2.13. The van der Waals surface area contributed by atoms with Crippen LogP contribution in [0.2, 0.25) is 0 Å². The zero-order valence-electron chi connectivity index (χ0n) is 9.18. The summed E-state index contributed by atoms with van der Waals surface area (Å²) in [5.41, 5.74) is 2.88. The van der Waals surface area contributed by atoms with Crippen LogP contribution in [0.15, 0.2) is 24.4 Å².